The quantitative estimate of drug-likeness (QED) is 0.733. The molecule has 2 amide bonds. The third-order valence-electron chi connectivity index (χ3n) is 5.86. The second-order valence-corrected chi connectivity index (χ2v) is 8.35. The van der Waals surface area contributed by atoms with E-state index in [0.717, 1.165) is 75.2 Å². The molecule has 0 bridgehead atoms. The molecule has 26 heavy (non-hydrogen) atoms. The number of carbonyl (C=O) groups excluding carboxylic acids is 1. The molecule has 4 rings (SSSR count). The highest BCUT2D eigenvalue weighted by Crippen LogP contribution is 2.33. The maximum Gasteiger partial charge on any atom is 0.324 e. The third-order valence-corrected chi connectivity index (χ3v) is 6.36. The molecule has 1 atom stereocenters. The monoisotopic (exact) mass is 418 g/mol. The van der Waals surface area contributed by atoms with Crippen LogP contribution in [0.1, 0.15) is 19.3 Å². The second kappa shape index (κ2) is 7.61. The van der Waals surface area contributed by atoms with Gasteiger partial charge in [-0.2, -0.15) is 0 Å². The van der Waals surface area contributed by atoms with Crippen molar-refractivity contribution < 1.29 is 4.79 Å². The minimum absolute atomic E-state index is 0.178. The smallest absolute Gasteiger partial charge is 0.324 e. The normalized spacial score (nSPS) is 23.9. The van der Waals surface area contributed by atoms with Crippen molar-refractivity contribution in [3.05, 3.63) is 41.0 Å². The molecule has 3 fully saturated rings. The minimum atomic E-state index is 0.178. The fourth-order valence-electron chi connectivity index (χ4n) is 4.39. The first-order valence-electron chi connectivity index (χ1n) is 9.63. The number of anilines is 1. The molecular weight excluding hydrogens is 392 g/mol. The molecule has 0 aliphatic carbocycles. The summed E-state index contributed by atoms with van der Waals surface area (Å²) < 4.78 is 1.13. The van der Waals surface area contributed by atoms with Crippen molar-refractivity contribution >= 4 is 27.6 Å². The molecule has 5 nitrogen and oxygen atoms in total. The molecule has 0 saturated carbocycles. The fraction of sp³-hybridized carbons (Fsp3) is 0.550. The number of hydrogen-bond acceptors (Lipinski definition) is 3. The van der Waals surface area contributed by atoms with Gasteiger partial charge >= 0.3 is 6.03 Å². The summed E-state index contributed by atoms with van der Waals surface area (Å²) in [4.78, 5) is 21.3. The van der Waals surface area contributed by atoms with Crippen molar-refractivity contribution in [1.29, 1.82) is 0 Å². The number of benzene rings is 1. The summed E-state index contributed by atoms with van der Waals surface area (Å²) in [6, 6.07) is 8.98. The molecule has 1 aromatic carbocycles. The van der Waals surface area contributed by atoms with Crippen molar-refractivity contribution in [3.63, 3.8) is 0 Å². The Morgan fingerprint density at radius 2 is 1.92 bits per heavy atom. The van der Waals surface area contributed by atoms with Crippen molar-refractivity contribution in [3.8, 4) is 0 Å². The van der Waals surface area contributed by atoms with Crippen LogP contribution in [0, 0.1) is 0 Å². The lowest BCUT2D eigenvalue weighted by molar-refractivity contribution is 0.191. The van der Waals surface area contributed by atoms with Gasteiger partial charge in [0.05, 0.1) is 6.04 Å². The average molecular weight is 419 g/mol. The molecule has 0 aromatic heterocycles. The Hall–Kier alpha value is -1.53. The summed E-state index contributed by atoms with van der Waals surface area (Å²) in [5, 5.41) is 0. The van der Waals surface area contributed by atoms with Gasteiger partial charge in [0.1, 0.15) is 0 Å². The largest absolute Gasteiger partial charge is 0.369 e. The molecule has 1 aromatic rings. The van der Waals surface area contributed by atoms with Crippen LogP contribution in [-0.2, 0) is 0 Å². The molecule has 3 aliphatic rings. The number of urea groups is 1. The first-order valence-corrected chi connectivity index (χ1v) is 10.4. The topological polar surface area (TPSA) is 30.0 Å². The first kappa shape index (κ1) is 17.9. The van der Waals surface area contributed by atoms with E-state index in [9.17, 15) is 4.79 Å². The molecule has 140 valence electrons. The maximum atomic E-state index is 12.5. The van der Waals surface area contributed by atoms with Crippen molar-refractivity contribution in [2.45, 2.75) is 25.3 Å². The number of carbonyl (C=O) groups is 1. The molecular formula is C20H27BrN4O. The van der Waals surface area contributed by atoms with Crippen LogP contribution < -0.4 is 4.90 Å². The Bertz CT molecular complexity index is 664. The Kier molecular flexibility index (Phi) is 5.23. The van der Waals surface area contributed by atoms with Gasteiger partial charge < -0.3 is 9.80 Å². The van der Waals surface area contributed by atoms with Crippen LogP contribution in [0.3, 0.4) is 0 Å². The molecule has 0 spiro atoms. The fourth-order valence-corrected chi connectivity index (χ4v) is 4.78. The first-order chi connectivity index (χ1) is 12.6. The molecule has 0 N–H and O–H groups in total. The number of halogens is 1. The van der Waals surface area contributed by atoms with E-state index in [4.69, 9.17) is 0 Å². The van der Waals surface area contributed by atoms with Crippen molar-refractivity contribution in [2.75, 3.05) is 50.7 Å². The van der Waals surface area contributed by atoms with Crippen molar-refractivity contribution in [1.82, 2.24) is 14.7 Å². The number of rotatable bonds is 5. The van der Waals surface area contributed by atoms with E-state index in [1.54, 1.807) is 0 Å². The van der Waals surface area contributed by atoms with Crippen LogP contribution in [0.5, 0.6) is 0 Å². The van der Waals surface area contributed by atoms with E-state index in [-0.39, 0.29) is 12.1 Å². The number of piperazine rings is 1. The Morgan fingerprint density at radius 1 is 1.12 bits per heavy atom. The highest BCUT2D eigenvalue weighted by molar-refractivity contribution is 9.10. The SMILES string of the molecule is C=C1C2CCCN2C(=O)N1CCCN1CCN(c2cccc(Br)c2)CC1. The second-order valence-electron chi connectivity index (χ2n) is 7.44. The van der Waals surface area contributed by atoms with Gasteiger partial charge in [-0.15, -0.1) is 0 Å². The van der Waals surface area contributed by atoms with Crippen LogP contribution >= 0.6 is 15.9 Å². The summed E-state index contributed by atoms with van der Waals surface area (Å²) in [5.41, 5.74) is 2.31. The molecule has 3 aliphatic heterocycles. The van der Waals surface area contributed by atoms with Crippen LogP contribution in [0.25, 0.3) is 0 Å². The molecule has 0 radical (unpaired) electrons. The minimum Gasteiger partial charge on any atom is -0.369 e. The predicted octanol–water partition coefficient (Wildman–Crippen LogP) is 3.37. The standard InChI is InChI=1S/C20H27BrN4O/c1-16-19-7-3-9-25(19)20(26)24(16)10-4-8-22-11-13-23(14-12-22)18-6-2-5-17(21)15-18/h2,5-6,15,19H,1,3-4,7-14H2. The van der Waals surface area contributed by atoms with Gasteiger partial charge in [0.15, 0.2) is 0 Å². The van der Waals surface area contributed by atoms with E-state index < -0.39 is 0 Å². The number of amides is 2. The van der Waals surface area contributed by atoms with Gasteiger partial charge in [-0.3, -0.25) is 9.80 Å². The van der Waals surface area contributed by atoms with Crippen molar-refractivity contribution in [2.24, 2.45) is 0 Å². The number of hydrogen-bond donors (Lipinski definition) is 0. The lowest BCUT2D eigenvalue weighted by Gasteiger charge is -2.36. The number of nitrogens with zero attached hydrogens (tertiary/aromatic N) is 4. The van der Waals surface area contributed by atoms with Crippen LogP contribution in [-0.4, -0.2) is 72.6 Å². The van der Waals surface area contributed by atoms with Crippen LogP contribution in [0.15, 0.2) is 41.0 Å². The zero-order valence-electron chi connectivity index (χ0n) is 15.2. The molecule has 6 heteroatoms. The summed E-state index contributed by atoms with van der Waals surface area (Å²) >= 11 is 3.55. The lowest BCUT2D eigenvalue weighted by atomic mass is 10.2. The Labute approximate surface area is 164 Å². The molecule has 3 saturated heterocycles. The zero-order chi connectivity index (χ0) is 18.1. The maximum absolute atomic E-state index is 12.5. The predicted molar refractivity (Wildman–Crippen MR) is 108 cm³/mol. The summed E-state index contributed by atoms with van der Waals surface area (Å²) in [6.07, 6.45) is 3.21. The highest BCUT2D eigenvalue weighted by atomic mass is 79.9. The van der Waals surface area contributed by atoms with Crippen LogP contribution in [0.2, 0.25) is 0 Å². The van der Waals surface area contributed by atoms with Gasteiger partial charge in [-0.05, 0) is 44.0 Å². The third kappa shape index (κ3) is 3.49. The average Bonchev–Trinajstić information content (AvgIpc) is 3.22. The Balaban J connectivity index is 1.22. The summed E-state index contributed by atoms with van der Waals surface area (Å²) in [5.74, 6) is 0. The van der Waals surface area contributed by atoms with E-state index >= 15 is 0 Å². The van der Waals surface area contributed by atoms with Gasteiger partial charge in [0.25, 0.3) is 0 Å². The van der Waals surface area contributed by atoms with Gasteiger partial charge in [0, 0.05) is 55.1 Å². The molecule has 1 unspecified atom stereocenters. The lowest BCUT2D eigenvalue weighted by Crippen LogP contribution is -2.47. The van der Waals surface area contributed by atoms with Gasteiger partial charge in [-0.1, -0.05) is 28.6 Å². The number of fused-ring (bicyclic) bond motifs is 1. The summed E-state index contributed by atoms with van der Waals surface area (Å²) in [7, 11) is 0. The zero-order valence-corrected chi connectivity index (χ0v) is 16.8. The molecule has 3 heterocycles. The van der Waals surface area contributed by atoms with E-state index in [0.29, 0.717) is 0 Å². The van der Waals surface area contributed by atoms with Gasteiger partial charge in [-0.25, -0.2) is 4.79 Å². The summed E-state index contributed by atoms with van der Waals surface area (Å²) in [6.45, 7) is 11.2. The highest BCUT2D eigenvalue weighted by Gasteiger charge is 2.42. The van der Waals surface area contributed by atoms with E-state index in [1.807, 2.05) is 9.80 Å². The van der Waals surface area contributed by atoms with E-state index in [2.05, 4.69) is 56.6 Å². The van der Waals surface area contributed by atoms with E-state index in [1.165, 1.54) is 5.69 Å². The van der Waals surface area contributed by atoms with Crippen LogP contribution in [0.4, 0.5) is 10.5 Å². The Morgan fingerprint density at radius 3 is 2.65 bits per heavy atom. The van der Waals surface area contributed by atoms with Gasteiger partial charge in [0.2, 0.25) is 0 Å².